The minimum absolute atomic E-state index is 0.589. The smallest absolute Gasteiger partial charge is 0.223 e. The third-order valence-corrected chi connectivity index (χ3v) is 3.82. The van der Waals surface area contributed by atoms with Gasteiger partial charge in [0.25, 0.3) is 0 Å². The topological polar surface area (TPSA) is 51.4 Å². The van der Waals surface area contributed by atoms with Crippen LogP contribution in [0.5, 0.6) is 5.75 Å². The maximum atomic E-state index is 5.82. The molecule has 0 fully saturated rings. The molecule has 0 unspecified atom stereocenters. The van der Waals surface area contributed by atoms with Gasteiger partial charge in [-0.25, -0.2) is 0 Å². The average molecular weight is 287 g/mol. The van der Waals surface area contributed by atoms with Gasteiger partial charge in [-0.05, 0) is 37.4 Å². The zero-order valence-corrected chi connectivity index (χ0v) is 12.6. The molecule has 0 aliphatic carbocycles. The van der Waals surface area contributed by atoms with E-state index in [4.69, 9.17) is 9.26 Å². The van der Waals surface area contributed by atoms with Crippen molar-refractivity contribution in [1.29, 1.82) is 0 Å². The summed E-state index contributed by atoms with van der Waals surface area (Å²) in [5, 5.41) is 3.95. The van der Waals surface area contributed by atoms with Crippen LogP contribution in [-0.2, 0) is 13.0 Å². The Morgan fingerprint density at radius 2 is 2.19 bits per heavy atom. The van der Waals surface area contributed by atoms with Gasteiger partial charge in [-0.1, -0.05) is 23.4 Å². The summed E-state index contributed by atoms with van der Waals surface area (Å²) in [6.07, 6.45) is 2.13. The molecule has 112 valence electrons. The molecule has 5 nitrogen and oxygen atoms in total. The lowest BCUT2D eigenvalue weighted by Crippen LogP contribution is -2.27. The van der Waals surface area contributed by atoms with E-state index >= 15 is 0 Å². The second kappa shape index (κ2) is 6.26. The number of fused-ring (bicyclic) bond motifs is 1. The van der Waals surface area contributed by atoms with E-state index in [0.717, 1.165) is 44.1 Å². The highest BCUT2D eigenvalue weighted by Crippen LogP contribution is 2.27. The molecule has 0 amide bonds. The summed E-state index contributed by atoms with van der Waals surface area (Å²) in [6.45, 7) is 4.33. The van der Waals surface area contributed by atoms with Crippen LogP contribution < -0.4 is 4.74 Å². The van der Waals surface area contributed by atoms with Crippen LogP contribution in [0.4, 0.5) is 0 Å². The third-order valence-electron chi connectivity index (χ3n) is 3.82. The molecule has 1 aliphatic rings. The van der Waals surface area contributed by atoms with Gasteiger partial charge in [0.15, 0.2) is 5.82 Å². The zero-order valence-electron chi connectivity index (χ0n) is 12.6. The zero-order chi connectivity index (χ0) is 14.7. The summed E-state index contributed by atoms with van der Waals surface area (Å²) in [5.41, 5.74) is 1.31. The van der Waals surface area contributed by atoms with E-state index in [1.54, 1.807) is 0 Å². The number of rotatable bonds is 4. The second-order valence-electron chi connectivity index (χ2n) is 5.74. The van der Waals surface area contributed by atoms with Crippen molar-refractivity contribution in [3.05, 3.63) is 41.5 Å². The summed E-state index contributed by atoms with van der Waals surface area (Å²) in [7, 11) is 2.10. The average Bonchev–Trinajstić information content (AvgIpc) is 2.74. The first-order valence-electron chi connectivity index (χ1n) is 7.39. The fraction of sp³-hybridized carbons (Fsp3) is 0.500. The molecule has 21 heavy (non-hydrogen) atoms. The SMILES string of the molecule is Cc1nc(CN(C)C[C@H]2CCOc3ccccc3C2)no1. The molecule has 1 atom stereocenters. The summed E-state index contributed by atoms with van der Waals surface area (Å²) in [5.74, 6) is 3.00. The molecule has 0 saturated carbocycles. The van der Waals surface area contributed by atoms with Gasteiger partial charge < -0.3 is 9.26 Å². The van der Waals surface area contributed by atoms with Gasteiger partial charge in [-0.2, -0.15) is 4.98 Å². The number of nitrogens with zero attached hydrogens (tertiary/aromatic N) is 3. The monoisotopic (exact) mass is 287 g/mol. The Balaban J connectivity index is 1.60. The molecule has 3 rings (SSSR count). The Hall–Kier alpha value is -1.88. The molecule has 0 radical (unpaired) electrons. The van der Waals surface area contributed by atoms with E-state index in [0.29, 0.717) is 11.8 Å². The molecule has 1 aromatic carbocycles. The van der Waals surface area contributed by atoms with Crippen molar-refractivity contribution in [2.45, 2.75) is 26.3 Å². The molecule has 2 heterocycles. The largest absolute Gasteiger partial charge is 0.493 e. The van der Waals surface area contributed by atoms with E-state index in [-0.39, 0.29) is 0 Å². The normalized spacial score (nSPS) is 18.1. The lowest BCUT2D eigenvalue weighted by molar-refractivity contribution is 0.229. The van der Waals surface area contributed by atoms with Crippen molar-refractivity contribution >= 4 is 0 Å². The standard InChI is InChI=1S/C16H21N3O2/c1-12-17-16(18-21-12)11-19(2)10-13-7-8-20-15-6-4-3-5-14(15)9-13/h3-6,13H,7-11H2,1-2H3/t13-/m0/s1. The molecular formula is C16H21N3O2. The number of para-hydroxylation sites is 1. The highest BCUT2D eigenvalue weighted by Gasteiger charge is 2.19. The van der Waals surface area contributed by atoms with Gasteiger partial charge in [-0.15, -0.1) is 0 Å². The second-order valence-corrected chi connectivity index (χ2v) is 5.74. The first-order valence-corrected chi connectivity index (χ1v) is 7.39. The van der Waals surface area contributed by atoms with Crippen LogP contribution in [0.1, 0.15) is 23.7 Å². The van der Waals surface area contributed by atoms with E-state index in [9.17, 15) is 0 Å². The molecule has 0 spiro atoms. The molecule has 0 bridgehead atoms. The molecular weight excluding hydrogens is 266 g/mol. The number of aromatic nitrogens is 2. The van der Waals surface area contributed by atoms with Crippen molar-refractivity contribution < 1.29 is 9.26 Å². The van der Waals surface area contributed by atoms with Crippen LogP contribution >= 0.6 is 0 Å². The van der Waals surface area contributed by atoms with Crippen LogP contribution in [0.2, 0.25) is 0 Å². The Morgan fingerprint density at radius 1 is 1.33 bits per heavy atom. The quantitative estimate of drug-likeness (QED) is 0.864. The molecule has 1 aliphatic heterocycles. The van der Waals surface area contributed by atoms with Gasteiger partial charge in [0, 0.05) is 13.5 Å². The van der Waals surface area contributed by atoms with Crippen LogP contribution in [0.25, 0.3) is 0 Å². The number of aryl methyl sites for hydroxylation is 1. The van der Waals surface area contributed by atoms with E-state index in [1.807, 2.05) is 13.0 Å². The maximum absolute atomic E-state index is 5.82. The Labute approximate surface area is 124 Å². The third kappa shape index (κ3) is 3.61. The summed E-state index contributed by atoms with van der Waals surface area (Å²) in [4.78, 5) is 6.51. The van der Waals surface area contributed by atoms with Crippen molar-refractivity contribution in [3.8, 4) is 5.75 Å². The predicted molar refractivity (Wildman–Crippen MR) is 79.1 cm³/mol. The highest BCUT2D eigenvalue weighted by atomic mass is 16.5. The summed E-state index contributed by atoms with van der Waals surface area (Å²) >= 11 is 0. The van der Waals surface area contributed by atoms with Crippen molar-refractivity contribution in [2.24, 2.45) is 5.92 Å². The van der Waals surface area contributed by atoms with Crippen molar-refractivity contribution in [3.63, 3.8) is 0 Å². The molecule has 0 saturated heterocycles. The first kappa shape index (κ1) is 14.1. The summed E-state index contributed by atoms with van der Waals surface area (Å²) in [6, 6.07) is 8.33. The van der Waals surface area contributed by atoms with E-state index in [2.05, 4.69) is 40.3 Å². The first-order chi connectivity index (χ1) is 10.2. The van der Waals surface area contributed by atoms with Gasteiger partial charge in [0.2, 0.25) is 5.89 Å². The highest BCUT2D eigenvalue weighted by molar-refractivity contribution is 5.34. The van der Waals surface area contributed by atoms with Gasteiger partial charge >= 0.3 is 0 Å². The Kier molecular flexibility index (Phi) is 4.20. The van der Waals surface area contributed by atoms with Gasteiger partial charge in [0.05, 0.1) is 13.2 Å². The number of hydrogen-bond donors (Lipinski definition) is 0. The molecule has 5 heteroatoms. The minimum atomic E-state index is 0.589. The lowest BCUT2D eigenvalue weighted by Gasteiger charge is -2.21. The van der Waals surface area contributed by atoms with E-state index < -0.39 is 0 Å². The summed E-state index contributed by atoms with van der Waals surface area (Å²) < 4.78 is 10.8. The van der Waals surface area contributed by atoms with Crippen molar-refractivity contribution in [2.75, 3.05) is 20.2 Å². The van der Waals surface area contributed by atoms with Gasteiger partial charge in [0.1, 0.15) is 5.75 Å². The van der Waals surface area contributed by atoms with E-state index in [1.165, 1.54) is 5.56 Å². The molecule has 1 aromatic heterocycles. The number of ether oxygens (including phenoxy) is 1. The van der Waals surface area contributed by atoms with Crippen LogP contribution in [0.3, 0.4) is 0 Å². The lowest BCUT2D eigenvalue weighted by atomic mass is 9.96. The molecule has 2 aromatic rings. The van der Waals surface area contributed by atoms with Crippen LogP contribution in [-0.4, -0.2) is 35.2 Å². The Bertz CT molecular complexity index is 597. The number of benzene rings is 1. The molecule has 0 N–H and O–H groups in total. The fourth-order valence-electron chi connectivity index (χ4n) is 2.87. The Morgan fingerprint density at radius 3 is 3.00 bits per heavy atom. The van der Waals surface area contributed by atoms with Crippen LogP contribution in [0.15, 0.2) is 28.8 Å². The predicted octanol–water partition coefficient (Wildman–Crippen LogP) is 2.45. The number of hydrogen-bond acceptors (Lipinski definition) is 5. The minimum Gasteiger partial charge on any atom is -0.493 e. The van der Waals surface area contributed by atoms with Gasteiger partial charge in [-0.3, -0.25) is 4.90 Å². The van der Waals surface area contributed by atoms with Crippen molar-refractivity contribution in [1.82, 2.24) is 15.0 Å². The fourth-order valence-corrected chi connectivity index (χ4v) is 2.87. The van der Waals surface area contributed by atoms with Crippen LogP contribution in [0, 0.1) is 12.8 Å². The maximum Gasteiger partial charge on any atom is 0.223 e.